The zero-order valence-electron chi connectivity index (χ0n) is 16.7. The van der Waals surface area contributed by atoms with Gasteiger partial charge in [0.05, 0.1) is 21.6 Å². The van der Waals surface area contributed by atoms with Crippen molar-refractivity contribution in [2.24, 2.45) is 5.92 Å². The van der Waals surface area contributed by atoms with Crippen molar-refractivity contribution in [2.45, 2.75) is 32.0 Å². The maximum Gasteiger partial charge on any atom is 0.422 e. The number of rotatable bonds is 6. The van der Waals surface area contributed by atoms with Gasteiger partial charge in [0.2, 0.25) is 0 Å². The molecule has 1 aromatic rings. The van der Waals surface area contributed by atoms with E-state index in [2.05, 4.69) is 10.1 Å². The number of nitro benzene ring substituents is 1. The molecule has 1 heterocycles. The van der Waals surface area contributed by atoms with E-state index in [4.69, 9.17) is 16.3 Å². The Balaban J connectivity index is 1.84. The van der Waals surface area contributed by atoms with Crippen LogP contribution in [0.2, 0.25) is 5.02 Å². The summed E-state index contributed by atoms with van der Waals surface area (Å²) in [5, 5.41) is 13.2. The highest BCUT2D eigenvalue weighted by Gasteiger charge is 2.34. The number of piperidine rings is 1. The monoisotopic (exact) mass is 481 g/mol. The quantitative estimate of drug-likeness (QED) is 0.374. The highest BCUT2D eigenvalue weighted by molar-refractivity contribution is 6.33. The molecule has 0 aliphatic carbocycles. The van der Waals surface area contributed by atoms with Crippen LogP contribution in [0.3, 0.4) is 0 Å². The summed E-state index contributed by atoms with van der Waals surface area (Å²) >= 11 is 5.91. The van der Waals surface area contributed by atoms with E-state index < -0.39 is 47.7 Å². The zero-order chi connectivity index (χ0) is 24.1. The molecule has 1 unspecified atom stereocenters. The van der Waals surface area contributed by atoms with Crippen molar-refractivity contribution in [3.8, 4) is 0 Å². The van der Waals surface area contributed by atoms with Crippen LogP contribution in [0.25, 0.3) is 0 Å². The maximum atomic E-state index is 12.3. The summed E-state index contributed by atoms with van der Waals surface area (Å²) < 4.78 is 45.7. The van der Waals surface area contributed by atoms with E-state index in [-0.39, 0.29) is 42.3 Å². The van der Waals surface area contributed by atoms with E-state index in [9.17, 15) is 37.7 Å². The summed E-state index contributed by atoms with van der Waals surface area (Å²) in [6, 6.07) is 3.45. The Morgan fingerprint density at radius 1 is 1.31 bits per heavy atom. The Hall–Kier alpha value is -3.09. The van der Waals surface area contributed by atoms with Crippen LogP contribution >= 0.6 is 11.6 Å². The first-order valence-electron chi connectivity index (χ1n) is 9.31. The summed E-state index contributed by atoms with van der Waals surface area (Å²) in [6.45, 7) is -0.433. The molecule has 2 amide bonds. The Morgan fingerprint density at radius 2 is 1.94 bits per heavy atom. The van der Waals surface area contributed by atoms with Gasteiger partial charge in [0, 0.05) is 25.2 Å². The SMILES string of the molecule is CC(OC(=O)C1CCN(C(=O)OCC(F)(F)F)CC1)C(=O)Nc1cc([N+](=O)[O-])ccc1Cl. The van der Waals surface area contributed by atoms with Crippen molar-refractivity contribution < 1.29 is 42.0 Å². The Bertz CT molecular complexity index is 889. The second-order valence-electron chi connectivity index (χ2n) is 6.92. The smallest absolute Gasteiger partial charge is 0.422 e. The number of halogens is 4. The third-order valence-electron chi connectivity index (χ3n) is 4.53. The lowest BCUT2D eigenvalue weighted by molar-refractivity contribution is -0.384. The molecule has 0 bridgehead atoms. The number of alkyl halides is 3. The Morgan fingerprint density at radius 3 is 2.50 bits per heavy atom. The molecule has 32 heavy (non-hydrogen) atoms. The average molecular weight is 482 g/mol. The number of carbonyl (C=O) groups excluding carboxylic acids is 3. The number of nitrogens with zero attached hydrogens (tertiary/aromatic N) is 2. The molecule has 1 aromatic carbocycles. The van der Waals surface area contributed by atoms with Crippen LogP contribution in [0.4, 0.5) is 29.3 Å². The Kier molecular flexibility index (Phi) is 8.25. The van der Waals surface area contributed by atoms with Crippen molar-refractivity contribution >= 4 is 40.9 Å². The highest BCUT2D eigenvalue weighted by atomic mass is 35.5. The number of amides is 2. The first kappa shape index (κ1) is 25.2. The molecule has 1 atom stereocenters. The third-order valence-corrected chi connectivity index (χ3v) is 4.86. The highest BCUT2D eigenvalue weighted by Crippen LogP contribution is 2.27. The summed E-state index contributed by atoms with van der Waals surface area (Å²) in [6.07, 6.45) is -6.79. The van der Waals surface area contributed by atoms with Crippen molar-refractivity contribution in [1.29, 1.82) is 0 Å². The first-order valence-corrected chi connectivity index (χ1v) is 9.69. The van der Waals surface area contributed by atoms with E-state index in [1.54, 1.807) is 0 Å². The number of hydrogen-bond acceptors (Lipinski definition) is 7. The molecule has 0 radical (unpaired) electrons. The van der Waals surface area contributed by atoms with Crippen LogP contribution < -0.4 is 5.32 Å². The molecule has 1 fully saturated rings. The second kappa shape index (κ2) is 10.5. The van der Waals surface area contributed by atoms with E-state index in [1.807, 2.05) is 0 Å². The number of nitro groups is 1. The molecule has 1 N–H and O–H groups in total. The van der Waals surface area contributed by atoms with Crippen LogP contribution in [-0.2, 0) is 19.1 Å². The normalized spacial score (nSPS) is 15.6. The summed E-state index contributed by atoms with van der Waals surface area (Å²) in [5.41, 5.74) is -0.325. The van der Waals surface area contributed by atoms with Gasteiger partial charge in [-0.15, -0.1) is 0 Å². The number of carbonyl (C=O) groups is 3. The van der Waals surface area contributed by atoms with Gasteiger partial charge in [0.25, 0.3) is 11.6 Å². The van der Waals surface area contributed by atoms with Crippen molar-refractivity contribution in [3.05, 3.63) is 33.3 Å². The fourth-order valence-electron chi connectivity index (χ4n) is 2.81. The van der Waals surface area contributed by atoms with Gasteiger partial charge in [-0.3, -0.25) is 19.7 Å². The number of likely N-dealkylation sites (tertiary alicyclic amines) is 1. The molecule has 1 aliphatic heterocycles. The molecule has 10 nitrogen and oxygen atoms in total. The molecule has 0 saturated carbocycles. The van der Waals surface area contributed by atoms with Gasteiger partial charge in [-0.05, 0) is 25.8 Å². The molecule has 1 aliphatic rings. The minimum Gasteiger partial charge on any atom is -0.452 e. The van der Waals surface area contributed by atoms with E-state index >= 15 is 0 Å². The lowest BCUT2D eigenvalue weighted by Gasteiger charge is -2.30. The van der Waals surface area contributed by atoms with E-state index in [0.717, 1.165) is 17.0 Å². The fraction of sp³-hybridized carbons (Fsp3) is 0.500. The van der Waals surface area contributed by atoms with Gasteiger partial charge in [-0.1, -0.05) is 11.6 Å². The Labute approximate surface area is 184 Å². The van der Waals surface area contributed by atoms with Gasteiger partial charge in [0.1, 0.15) is 0 Å². The number of hydrogen-bond donors (Lipinski definition) is 1. The van der Waals surface area contributed by atoms with Gasteiger partial charge in [0.15, 0.2) is 12.7 Å². The largest absolute Gasteiger partial charge is 0.452 e. The predicted octanol–water partition coefficient (Wildman–Crippen LogP) is 3.53. The number of ether oxygens (including phenoxy) is 2. The second-order valence-corrected chi connectivity index (χ2v) is 7.33. The zero-order valence-corrected chi connectivity index (χ0v) is 17.4. The third kappa shape index (κ3) is 7.25. The topological polar surface area (TPSA) is 128 Å². The molecule has 176 valence electrons. The first-order chi connectivity index (χ1) is 14.9. The average Bonchev–Trinajstić information content (AvgIpc) is 2.72. The molecule has 0 spiro atoms. The predicted molar refractivity (Wildman–Crippen MR) is 104 cm³/mol. The van der Waals surface area contributed by atoms with Crippen molar-refractivity contribution in [1.82, 2.24) is 4.90 Å². The maximum absolute atomic E-state index is 12.3. The number of non-ortho nitro benzene ring substituents is 1. The molecule has 0 aromatic heterocycles. The minimum atomic E-state index is -4.64. The van der Waals surface area contributed by atoms with E-state index in [1.165, 1.54) is 13.0 Å². The summed E-state index contributed by atoms with van der Waals surface area (Å²) in [7, 11) is 0. The van der Waals surface area contributed by atoms with Crippen LogP contribution in [-0.4, -0.2) is 59.8 Å². The number of anilines is 1. The molecular formula is C18H19ClF3N3O7. The number of benzene rings is 1. The van der Waals surface area contributed by atoms with Gasteiger partial charge in [-0.2, -0.15) is 13.2 Å². The van der Waals surface area contributed by atoms with Crippen molar-refractivity contribution in [3.63, 3.8) is 0 Å². The van der Waals surface area contributed by atoms with Crippen molar-refractivity contribution in [2.75, 3.05) is 25.0 Å². The molecule has 14 heteroatoms. The van der Waals surface area contributed by atoms with Gasteiger partial charge >= 0.3 is 18.2 Å². The van der Waals surface area contributed by atoms with Crippen LogP contribution in [0.1, 0.15) is 19.8 Å². The number of esters is 1. The van der Waals surface area contributed by atoms with Crippen LogP contribution in [0.15, 0.2) is 18.2 Å². The summed E-state index contributed by atoms with van der Waals surface area (Å²) in [5.74, 6) is -2.16. The fourth-order valence-corrected chi connectivity index (χ4v) is 2.98. The lowest BCUT2D eigenvalue weighted by Crippen LogP contribution is -2.42. The van der Waals surface area contributed by atoms with Gasteiger partial charge in [-0.25, -0.2) is 4.79 Å². The molecule has 2 rings (SSSR count). The van der Waals surface area contributed by atoms with E-state index in [0.29, 0.717) is 0 Å². The van der Waals surface area contributed by atoms with Gasteiger partial charge < -0.3 is 19.7 Å². The van der Waals surface area contributed by atoms with Crippen LogP contribution in [0, 0.1) is 16.0 Å². The standard InChI is InChI=1S/C18H19ClF3N3O7/c1-10(15(26)23-14-8-12(25(29)30)2-3-13(14)19)32-16(27)11-4-6-24(7-5-11)17(28)31-9-18(20,21)22/h2-3,8,10-11H,4-7,9H2,1H3,(H,23,26). The number of nitrogens with one attached hydrogen (secondary N) is 1. The summed E-state index contributed by atoms with van der Waals surface area (Å²) in [4.78, 5) is 47.5. The minimum absolute atomic E-state index is 0.0136. The molecular weight excluding hydrogens is 463 g/mol. The van der Waals surface area contributed by atoms with Crippen LogP contribution in [0.5, 0.6) is 0 Å². The molecule has 1 saturated heterocycles. The lowest BCUT2D eigenvalue weighted by atomic mass is 9.97.